The number of hydrogen-bond acceptors (Lipinski definition) is 6. The second kappa shape index (κ2) is 6.20. The minimum Gasteiger partial charge on any atom is -0.344 e. The molecule has 0 saturated heterocycles. The summed E-state index contributed by atoms with van der Waals surface area (Å²) in [7, 11) is -6.96. The van der Waals surface area contributed by atoms with Gasteiger partial charge in [0.15, 0.2) is 0 Å². The summed E-state index contributed by atoms with van der Waals surface area (Å²) in [6.45, 7) is 0. The number of carbonyl (C=O) groups is 1. The van der Waals surface area contributed by atoms with Crippen molar-refractivity contribution in [3.63, 3.8) is 0 Å². The van der Waals surface area contributed by atoms with Gasteiger partial charge < -0.3 is 6.15 Å². The van der Waals surface area contributed by atoms with Gasteiger partial charge in [-0.05, 0) is 12.1 Å². The molecule has 3 N–H and O–H groups in total. The predicted molar refractivity (Wildman–Crippen MR) is 58.3 cm³/mol. The minimum atomic E-state index is -3.48. The lowest BCUT2D eigenvalue weighted by molar-refractivity contribution is 0.0926. The molecule has 0 fully saturated rings. The van der Waals surface area contributed by atoms with Crippen LogP contribution in [0.2, 0.25) is 0 Å². The van der Waals surface area contributed by atoms with Gasteiger partial charge >= 0.3 is 0 Å². The van der Waals surface area contributed by atoms with Crippen LogP contribution in [0, 0.1) is 0 Å². The fraction of sp³-hybridized carbons (Fsp3) is 0. The molecule has 0 aromatic heterocycles. The molecule has 16 heavy (non-hydrogen) atoms. The predicted octanol–water partition coefficient (Wildman–Crippen LogP) is -0.656. The molecule has 7 nitrogen and oxygen atoms in total. The molecular formula is C7H10N2O5S2. The Morgan fingerprint density at radius 3 is 1.75 bits per heavy atom. The molecule has 0 spiro atoms. The van der Waals surface area contributed by atoms with Crippen LogP contribution in [-0.2, 0) is 21.8 Å². The number of amides is 1. The molecule has 1 rings (SSSR count). The van der Waals surface area contributed by atoms with E-state index in [1.165, 1.54) is 24.3 Å². The van der Waals surface area contributed by atoms with E-state index in [0.29, 0.717) is 0 Å². The molecule has 0 bridgehead atoms. The lowest BCUT2D eigenvalue weighted by Gasteiger charge is -2.06. The fourth-order valence-corrected chi connectivity index (χ4v) is 1.91. The number of carbonyl (C=O) groups excluding carboxylic acids is 1. The number of thiol groups is 2. The number of benzene rings is 1. The molecule has 1 amide bonds. The normalized spacial score (nSPS) is 9.88. The van der Waals surface area contributed by atoms with Gasteiger partial charge in [-0.1, -0.05) is 18.2 Å². The molecule has 0 radical (unpaired) electrons. The molecule has 90 valence electrons. The van der Waals surface area contributed by atoms with Crippen molar-refractivity contribution in [1.29, 1.82) is 0 Å². The molecule has 0 atom stereocenters. The lowest BCUT2D eigenvalue weighted by Crippen LogP contribution is -2.27. The van der Waals surface area contributed by atoms with E-state index in [1.54, 1.807) is 6.07 Å². The maximum atomic E-state index is 11.4. The van der Waals surface area contributed by atoms with E-state index in [-0.39, 0.29) is 15.4 Å². The Morgan fingerprint density at radius 1 is 0.938 bits per heavy atom. The summed E-state index contributed by atoms with van der Waals surface area (Å²) in [5.41, 5.74) is -0.00380. The maximum Gasteiger partial charge on any atom is 0.281 e. The summed E-state index contributed by atoms with van der Waals surface area (Å²) in [6, 6.07) is 7.28. The van der Waals surface area contributed by atoms with Crippen molar-refractivity contribution in [2.75, 3.05) is 0 Å². The van der Waals surface area contributed by atoms with E-state index in [0.717, 1.165) is 0 Å². The van der Waals surface area contributed by atoms with Crippen LogP contribution in [0.1, 0.15) is 10.4 Å². The molecule has 0 aliphatic carbocycles. The number of nitrogens with zero attached hydrogens (tertiary/aromatic N) is 1. The number of hydrogen-bond donors (Lipinski definition) is 3. The summed E-state index contributed by atoms with van der Waals surface area (Å²) in [6.07, 6.45) is 0. The highest BCUT2D eigenvalue weighted by Crippen LogP contribution is 2.04. The van der Waals surface area contributed by atoms with Crippen molar-refractivity contribution in [3.8, 4) is 0 Å². The molecular weight excluding hydrogens is 256 g/mol. The van der Waals surface area contributed by atoms with E-state index in [1.807, 2.05) is 0 Å². The van der Waals surface area contributed by atoms with Gasteiger partial charge in [-0.2, -0.15) is 0 Å². The average molecular weight is 266 g/mol. The van der Waals surface area contributed by atoms with E-state index >= 15 is 0 Å². The fourth-order valence-electron chi connectivity index (χ4n) is 0.904. The topological polar surface area (TPSA) is 124 Å². The van der Waals surface area contributed by atoms with Gasteiger partial charge in [0.1, 0.15) is 0 Å². The van der Waals surface area contributed by atoms with E-state index in [4.69, 9.17) is 0 Å². The van der Waals surface area contributed by atoms with E-state index in [9.17, 15) is 21.6 Å². The first-order chi connectivity index (χ1) is 7.04. The van der Waals surface area contributed by atoms with Gasteiger partial charge in [-0.3, -0.25) is 4.79 Å². The summed E-state index contributed by atoms with van der Waals surface area (Å²) in [5, 5.41) is 0. The van der Waals surface area contributed by atoms with Crippen LogP contribution in [-0.4, -0.2) is 26.5 Å². The molecule has 0 aliphatic rings. The Bertz CT molecular complexity index is 471. The van der Waals surface area contributed by atoms with Gasteiger partial charge in [-0.25, -0.2) is 16.8 Å². The Hall–Kier alpha value is -1.45. The molecule has 0 aliphatic heterocycles. The SMILES string of the molecule is N.O=C(c1ccccc1)N([SH](=O)=O)[SH](=O)=O. The van der Waals surface area contributed by atoms with Crippen LogP contribution in [0.3, 0.4) is 0 Å². The Morgan fingerprint density at radius 2 is 1.38 bits per heavy atom. The van der Waals surface area contributed by atoms with Crippen LogP contribution >= 0.6 is 0 Å². The average Bonchev–Trinajstić information content (AvgIpc) is 2.18. The highest BCUT2D eigenvalue weighted by atomic mass is 32.2. The highest BCUT2D eigenvalue weighted by Gasteiger charge is 2.19. The summed E-state index contributed by atoms with van der Waals surface area (Å²) in [5.74, 6) is -1.08. The minimum absolute atomic E-state index is 0. The van der Waals surface area contributed by atoms with E-state index < -0.39 is 27.7 Å². The molecule has 1 aromatic carbocycles. The third-order valence-electron chi connectivity index (χ3n) is 1.51. The van der Waals surface area contributed by atoms with Gasteiger partial charge in [-0.15, -0.1) is 3.71 Å². The maximum absolute atomic E-state index is 11.4. The molecule has 9 heteroatoms. The van der Waals surface area contributed by atoms with Gasteiger partial charge in [0, 0.05) is 5.56 Å². The van der Waals surface area contributed by atoms with Crippen LogP contribution in [0.25, 0.3) is 0 Å². The van der Waals surface area contributed by atoms with Crippen molar-refractivity contribution >= 4 is 27.7 Å². The zero-order chi connectivity index (χ0) is 11.4. The lowest BCUT2D eigenvalue weighted by atomic mass is 10.2. The second-order valence-corrected chi connectivity index (χ2v) is 4.50. The van der Waals surface area contributed by atoms with Crippen molar-refractivity contribution in [2.24, 2.45) is 0 Å². The first-order valence-electron chi connectivity index (χ1n) is 3.72. The van der Waals surface area contributed by atoms with Crippen molar-refractivity contribution < 1.29 is 21.6 Å². The summed E-state index contributed by atoms with van der Waals surface area (Å²) >= 11 is 0. The molecule has 0 unspecified atom stereocenters. The Labute approximate surface area is 95.4 Å². The standard InChI is InChI=1S/C7H7NO5S2.H3N/c9-7(6-4-2-1-3-5-6)8(14(10)11)15(12)13;/h1-5,14-15H;1H3. The van der Waals surface area contributed by atoms with Crippen LogP contribution in [0.5, 0.6) is 0 Å². The Kier molecular flexibility index (Phi) is 5.64. The van der Waals surface area contributed by atoms with E-state index in [2.05, 4.69) is 0 Å². The smallest absolute Gasteiger partial charge is 0.281 e. The quantitative estimate of drug-likeness (QED) is 0.624. The molecule has 1 aromatic rings. The van der Waals surface area contributed by atoms with Gasteiger partial charge in [0.2, 0.25) is 21.8 Å². The zero-order valence-corrected chi connectivity index (χ0v) is 9.77. The molecule has 0 saturated carbocycles. The van der Waals surface area contributed by atoms with Crippen molar-refractivity contribution in [3.05, 3.63) is 35.9 Å². The first kappa shape index (κ1) is 14.6. The van der Waals surface area contributed by atoms with Crippen LogP contribution in [0.4, 0.5) is 0 Å². The number of rotatable bonds is 3. The van der Waals surface area contributed by atoms with Crippen molar-refractivity contribution in [1.82, 2.24) is 9.86 Å². The summed E-state index contributed by atoms with van der Waals surface area (Å²) in [4.78, 5) is 11.4. The second-order valence-electron chi connectivity index (χ2n) is 2.44. The van der Waals surface area contributed by atoms with Crippen molar-refractivity contribution in [2.45, 2.75) is 0 Å². The summed E-state index contributed by atoms with van der Waals surface area (Å²) < 4.78 is 41.9. The first-order valence-corrected chi connectivity index (χ1v) is 5.98. The highest BCUT2D eigenvalue weighted by molar-refractivity contribution is 7.86. The van der Waals surface area contributed by atoms with Crippen LogP contribution in [0.15, 0.2) is 30.3 Å². The van der Waals surface area contributed by atoms with Gasteiger partial charge in [0.25, 0.3) is 5.91 Å². The largest absolute Gasteiger partial charge is 0.344 e. The zero-order valence-electron chi connectivity index (χ0n) is 7.98. The third kappa shape index (κ3) is 3.29. The monoisotopic (exact) mass is 266 g/mol. The third-order valence-corrected chi connectivity index (χ3v) is 3.37. The van der Waals surface area contributed by atoms with Crippen LogP contribution < -0.4 is 6.15 Å². The molecule has 0 heterocycles. The Balaban J connectivity index is 0.00000225. The van der Waals surface area contributed by atoms with Gasteiger partial charge in [0.05, 0.1) is 0 Å².